The van der Waals surface area contributed by atoms with Crippen molar-refractivity contribution in [3.05, 3.63) is 35.9 Å². The molecule has 15 heavy (non-hydrogen) atoms. The maximum absolute atomic E-state index is 11.4. The molecule has 1 aromatic carbocycles. The normalized spacial score (nSPS) is 14.6. The van der Waals surface area contributed by atoms with Crippen LogP contribution in [0.4, 0.5) is 0 Å². The van der Waals surface area contributed by atoms with Gasteiger partial charge in [-0.15, -0.1) is 0 Å². The van der Waals surface area contributed by atoms with Crippen molar-refractivity contribution in [2.45, 2.75) is 19.4 Å². The molecule has 2 atom stereocenters. The van der Waals surface area contributed by atoms with Gasteiger partial charge in [-0.1, -0.05) is 52.9 Å². The van der Waals surface area contributed by atoms with E-state index in [4.69, 9.17) is 0 Å². The number of alkyl halides is 1. The minimum atomic E-state index is -0.668. The maximum atomic E-state index is 11.4. The molecule has 0 unspecified atom stereocenters. The zero-order chi connectivity index (χ0) is 11.3. The Labute approximate surface area is 104 Å². The minimum Gasteiger partial charge on any atom is -0.388 e. The average molecular weight is 318 g/mol. The molecule has 0 aliphatic rings. The average Bonchev–Trinajstić information content (AvgIpc) is 2.26. The second-order valence-electron chi connectivity index (χ2n) is 3.55. The van der Waals surface area contributed by atoms with Gasteiger partial charge in [-0.2, -0.15) is 0 Å². The van der Waals surface area contributed by atoms with Gasteiger partial charge in [-0.25, -0.2) is 0 Å². The molecule has 0 aromatic heterocycles. The first kappa shape index (κ1) is 12.6. The zero-order valence-corrected chi connectivity index (χ0v) is 10.8. The van der Waals surface area contributed by atoms with Gasteiger partial charge in [-0.3, -0.25) is 4.79 Å². The third-order valence-electron chi connectivity index (χ3n) is 2.46. The highest BCUT2D eigenvalue weighted by Gasteiger charge is 2.23. The monoisotopic (exact) mass is 318 g/mol. The SMILES string of the molecule is CC(=O)[C@H](CCI)[C@H](O)c1ccccc1. The summed E-state index contributed by atoms with van der Waals surface area (Å²) in [6, 6.07) is 9.36. The number of Topliss-reactive ketones (excluding diaryl/α,β-unsaturated/α-hetero) is 1. The van der Waals surface area contributed by atoms with Gasteiger partial charge in [-0.05, 0) is 18.9 Å². The van der Waals surface area contributed by atoms with Crippen LogP contribution < -0.4 is 0 Å². The quantitative estimate of drug-likeness (QED) is 0.669. The van der Waals surface area contributed by atoms with Crippen LogP contribution in [0.2, 0.25) is 0 Å². The first-order chi connectivity index (χ1) is 7.16. The number of carbonyl (C=O) groups excluding carboxylic acids is 1. The van der Waals surface area contributed by atoms with E-state index < -0.39 is 6.10 Å². The molecule has 3 heteroatoms. The molecular weight excluding hydrogens is 303 g/mol. The molecule has 0 heterocycles. The third kappa shape index (κ3) is 3.57. The van der Waals surface area contributed by atoms with E-state index in [0.29, 0.717) is 0 Å². The second-order valence-corrected chi connectivity index (χ2v) is 4.63. The van der Waals surface area contributed by atoms with Gasteiger partial charge < -0.3 is 5.11 Å². The van der Waals surface area contributed by atoms with Crippen molar-refractivity contribution in [3.63, 3.8) is 0 Å². The van der Waals surface area contributed by atoms with Crippen LogP contribution in [0.25, 0.3) is 0 Å². The Morgan fingerprint density at radius 3 is 2.47 bits per heavy atom. The number of aliphatic hydroxyl groups excluding tert-OH is 1. The molecule has 0 fully saturated rings. The smallest absolute Gasteiger partial charge is 0.135 e. The topological polar surface area (TPSA) is 37.3 Å². The molecule has 0 saturated carbocycles. The predicted molar refractivity (Wildman–Crippen MR) is 69.1 cm³/mol. The van der Waals surface area contributed by atoms with Crippen LogP contribution in [0.1, 0.15) is 25.0 Å². The van der Waals surface area contributed by atoms with Crippen LogP contribution in [0.15, 0.2) is 30.3 Å². The Bertz CT molecular complexity index is 311. The molecule has 0 amide bonds. The van der Waals surface area contributed by atoms with Gasteiger partial charge >= 0.3 is 0 Å². The molecular formula is C12H15IO2. The van der Waals surface area contributed by atoms with Gasteiger partial charge in [0.2, 0.25) is 0 Å². The van der Waals surface area contributed by atoms with Crippen LogP contribution in [-0.4, -0.2) is 15.3 Å². The minimum absolute atomic E-state index is 0.0584. The van der Waals surface area contributed by atoms with Crippen molar-refractivity contribution in [3.8, 4) is 0 Å². The molecule has 1 aromatic rings. The highest BCUT2D eigenvalue weighted by molar-refractivity contribution is 14.1. The molecule has 1 rings (SSSR count). The number of halogens is 1. The summed E-state index contributed by atoms with van der Waals surface area (Å²) < 4.78 is 0.881. The first-order valence-electron chi connectivity index (χ1n) is 4.96. The summed E-state index contributed by atoms with van der Waals surface area (Å²) in [7, 11) is 0. The van der Waals surface area contributed by atoms with E-state index in [9.17, 15) is 9.90 Å². The summed E-state index contributed by atoms with van der Waals surface area (Å²) in [6.45, 7) is 1.54. The van der Waals surface area contributed by atoms with Gasteiger partial charge in [0.25, 0.3) is 0 Å². The number of benzene rings is 1. The van der Waals surface area contributed by atoms with Crippen molar-refractivity contribution in [2.75, 3.05) is 4.43 Å². The van der Waals surface area contributed by atoms with E-state index in [1.807, 2.05) is 30.3 Å². The van der Waals surface area contributed by atoms with Gasteiger partial charge in [0.1, 0.15) is 5.78 Å². The van der Waals surface area contributed by atoms with Gasteiger partial charge in [0.15, 0.2) is 0 Å². The molecule has 0 aliphatic carbocycles. The van der Waals surface area contributed by atoms with Gasteiger partial charge in [0.05, 0.1) is 6.10 Å². The van der Waals surface area contributed by atoms with Crippen molar-refractivity contribution < 1.29 is 9.90 Å². The zero-order valence-electron chi connectivity index (χ0n) is 8.69. The molecule has 1 N–H and O–H groups in total. The highest BCUT2D eigenvalue weighted by atomic mass is 127. The number of rotatable bonds is 5. The van der Waals surface area contributed by atoms with Crippen molar-refractivity contribution >= 4 is 28.4 Å². The lowest BCUT2D eigenvalue weighted by Gasteiger charge is -2.19. The molecule has 0 radical (unpaired) electrons. The maximum Gasteiger partial charge on any atom is 0.135 e. The number of hydrogen-bond acceptors (Lipinski definition) is 2. The molecule has 2 nitrogen and oxygen atoms in total. The Morgan fingerprint density at radius 1 is 1.40 bits per heavy atom. The van der Waals surface area contributed by atoms with E-state index in [2.05, 4.69) is 22.6 Å². The number of carbonyl (C=O) groups is 1. The van der Waals surface area contributed by atoms with Crippen LogP contribution in [-0.2, 0) is 4.79 Å². The van der Waals surface area contributed by atoms with E-state index in [-0.39, 0.29) is 11.7 Å². The fraction of sp³-hybridized carbons (Fsp3) is 0.417. The first-order valence-corrected chi connectivity index (χ1v) is 6.48. The largest absolute Gasteiger partial charge is 0.388 e. The molecule has 0 aliphatic heterocycles. The van der Waals surface area contributed by atoms with Gasteiger partial charge in [0, 0.05) is 10.3 Å². The lowest BCUT2D eigenvalue weighted by atomic mass is 9.90. The van der Waals surface area contributed by atoms with E-state index in [1.165, 1.54) is 0 Å². The lowest BCUT2D eigenvalue weighted by Crippen LogP contribution is -2.20. The summed E-state index contributed by atoms with van der Waals surface area (Å²) >= 11 is 2.23. The van der Waals surface area contributed by atoms with E-state index in [0.717, 1.165) is 16.4 Å². The fourth-order valence-corrected chi connectivity index (χ4v) is 2.25. The Kier molecular flexibility index (Phi) is 5.25. The van der Waals surface area contributed by atoms with Crippen LogP contribution in [0, 0.1) is 5.92 Å². The Balaban J connectivity index is 2.81. The fourth-order valence-electron chi connectivity index (χ4n) is 1.58. The Hall–Kier alpha value is -0.420. The molecule has 0 saturated heterocycles. The molecule has 0 bridgehead atoms. The molecule has 82 valence electrons. The summed E-state index contributed by atoms with van der Waals surface area (Å²) in [5, 5.41) is 10.1. The summed E-state index contributed by atoms with van der Waals surface area (Å²) in [4.78, 5) is 11.4. The van der Waals surface area contributed by atoms with Crippen LogP contribution in [0.5, 0.6) is 0 Å². The molecule has 0 spiro atoms. The van der Waals surface area contributed by atoms with Crippen molar-refractivity contribution in [1.29, 1.82) is 0 Å². The van der Waals surface area contributed by atoms with Crippen molar-refractivity contribution in [1.82, 2.24) is 0 Å². The number of ketones is 1. The number of hydrogen-bond donors (Lipinski definition) is 1. The Morgan fingerprint density at radius 2 is 2.00 bits per heavy atom. The second kappa shape index (κ2) is 6.23. The van der Waals surface area contributed by atoms with Crippen LogP contribution in [0.3, 0.4) is 0 Å². The van der Waals surface area contributed by atoms with Crippen molar-refractivity contribution in [2.24, 2.45) is 5.92 Å². The van der Waals surface area contributed by atoms with Crippen LogP contribution >= 0.6 is 22.6 Å². The van der Waals surface area contributed by atoms with E-state index >= 15 is 0 Å². The lowest BCUT2D eigenvalue weighted by molar-refractivity contribution is -0.124. The predicted octanol–water partition coefficient (Wildman–Crippen LogP) is 2.75. The highest BCUT2D eigenvalue weighted by Crippen LogP contribution is 2.25. The summed E-state index contributed by atoms with van der Waals surface area (Å²) in [5.41, 5.74) is 0.822. The number of aliphatic hydroxyl groups is 1. The third-order valence-corrected chi connectivity index (χ3v) is 3.09. The summed E-state index contributed by atoms with van der Waals surface area (Å²) in [6.07, 6.45) is 0.0600. The standard InChI is InChI=1S/C12H15IO2/c1-9(14)11(7-8-13)12(15)10-5-3-2-4-6-10/h2-6,11-12,15H,7-8H2,1H3/t11-,12+/m0/s1. The van der Waals surface area contributed by atoms with E-state index in [1.54, 1.807) is 6.92 Å². The summed E-state index contributed by atoms with van der Waals surface area (Å²) in [5.74, 6) is -0.215.